The van der Waals surface area contributed by atoms with Gasteiger partial charge in [0.25, 0.3) is 0 Å². The predicted octanol–water partition coefficient (Wildman–Crippen LogP) is 3.26. The van der Waals surface area contributed by atoms with E-state index in [2.05, 4.69) is 18.7 Å². The number of nitrogens with zero attached hydrogens (tertiary/aromatic N) is 1. The van der Waals surface area contributed by atoms with E-state index in [0.29, 0.717) is 12.2 Å². The zero-order chi connectivity index (χ0) is 22.2. The Labute approximate surface area is 183 Å². The van der Waals surface area contributed by atoms with Crippen LogP contribution in [0, 0.1) is 11.3 Å². The normalized spacial score (nSPS) is 24.5. The van der Waals surface area contributed by atoms with Crippen LogP contribution >= 0.6 is 0 Å². The Balaban J connectivity index is 1.66. The molecule has 6 heteroatoms. The van der Waals surface area contributed by atoms with E-state index in [-0.39, 0.29) is 23.9 Å². The topological polar surface area (TPSA) is 68.2 Å². The molecule has 2 heterocycles. The molecule has 1 N–H and O–H groups in total. The van der Waals surface area contributed by atoms with E-state index < -0.39 is 5.41 Å². The molecule has 0 spiro atoms. The van der Waals surface area contributed by atoms with Gasteiger partial charge in [-0.2, -0.15) is 0 Å². The number of benzene rings is 2. The van der Waals surface area contributed by atoms with Gasteiger partial charge in [0.05, 0.1) is 33.0 Å². The smallest absolute Gasteiger partial charge is 0.337 e. The number of aliphatic hydroxyl groups is 1. The molecule has 4 rings (SSSR count). The first kappa shape index (κ1) is 21.7. The number of ether oxygens (including phenoxy) is 3. The molecule has 0 amide bonds. The quantitative estimate of drug-likeness (QED) is 0.742. The molecule has 6 nitrogen and oxygen atoms in total. The molecule has 0 radical (unpaired) electrons. The minimum atomic E-state index is -0.435. The van der Waals surface area contributed by atoms with Crippen LogP contribution in [0.5, 0.6) is 11.5 Å². The first-order valence-electron chi connectivity index (χ1n) is 10.6. The van der Waals surface area contributed by atoms with Crippen molar-refractivity contribution in [2.45, 2.75) is 25.8 Å². The summed E-state index contributed by atoms with van der Waals surface area (Å²) in [5, 5.41) is 10.8. The van der Waals surface area contributed by atoms with E-state index in [1.807, 2.05) is 30.3 Å². The lowest BCUT2D eigenvalue weighted by Crippen LogP contribution is -2.45. The SMILES string of the molecule is COC(=O)c1ccc(CN2C[C@@H]3C(C)(C)COc4ccc(OC)cc4[C@]3(CO)C2)cc1. The van der Waals surface area contributed by atoms with Crippen molar-refractivity contribution in [2.24, 2.45) is 11.3 Å². The first-order valence-corrected chi connectivity index (χ1v) is 10.6. The Morgan fingerprint density at radius 1 is 1.19 bits per heavy atom. The van der Waals surface area contributed by atoms with Gasteiger partial charge in [0, 0.05) is 36.0 Å². The number of carbonyl (C=O) groups excluding carboxylic acids is 1. The highest BCUT2D eigenvalue weighted by atomic mass is 16.5. The molecule has 0 bridgehead atoms. The minimum absolute atomic E-state index is 0.0441. The molecule has 1 fully saturated rings. The van der Waals surface area contributed by atoms with Crippen LogP contribution in [0.15, 0.2) is 42.5 Å². The fourth-order valence-corrected chi connectivity index (χ4v) is 5.28. The van der Waals surface area contributed by atoms with Crippen molar-refractivity contribution in [2.75, 3.05) is 40.5 Å². The van der Waals surface area contributed by atoms with Crippen LogP contribution in [0.3, 0.4) is 0 Å². The van der Waals surface area contributed by atoms with Crippen LogP contribution in [0.1, 0.15) is 35.3 Å². The van der Waals surface area contributed by atoms with E-state index in [9.17, 15) is 9.90 Å². The summed E-state index contributed by atoms with van der Waals surface area (Å²) >= 11 is 0. The van der Waals surface area contributed by atoms with Crippen LogP contribution in [-0.2, 0) is 16.7 Å². The number of methoxy groups -OCH3 is 2. The van der Waals surface area contributed by atoms with Crippen molar-refractivity contribution >= 4 is 5.97 Å². The van der Waals surface area contributed by atoms with Gasteiger partial charge in [-0.25, -0.2) is 4.79 Å². The van der Waals surface area contributed by atoms with Crippen molar-refractivity contribution in [1.29, 1.82) is 0 Å². The van der Waals surface area contributed by atoms with Gasteiger partial charge in [-0.15, -0.1) is 0 Å². The molecule has 0 saturated carbocycles. The van der Waals surface area contributed by atoms with Crippen LogP contribution in [-0.4, -0.2) is 56.5 Å². The van der Waals surface area contributed by atoms with Gasteiger partial charge in [0.1, 0.15) is 11.5 Å². The van der Waals surface area contributed by atoms with Crippen molar-refractivity contribution in [3.8, 4) is 11.5 Å². The second-order valence-electron chi connectivity index (χ2n) is 9.36. The minimum Gasteiger partial charge on any atom is -0.497 e. The van der Waals surface area contributed by atoms with Crippen molar-refractivity contribution < 1.29 is 24.1 Å². The molecule has 0 aliphatic carbocycles. The fourth-order valence-electron chi connectivity index (χ4n) is 5.28. The number of hydrogen-bond donors (Lipinski definition) is 1. The lowest BCUT2D eigenvalue weighted by molar-refractivity contribution is 0.0600. The molecular weight excluding hydrogens is 394 g/mol. The average Bonchev–Trinajstić information content (AvgIpc) is 3.14. The molecule has 2 aromatic carbocycles. The summed E-state index contributed by atoms with van der Waals surface area (Å²) in [5.41, 5.74) is 2.14. The maximum Gasteiger partial charge on any atom is 0.337 e. The number of fused-ring (bicyclic) bond motifs is 3. The summed E-state index contributed by atoms with van der Waals surface area (Å²) < 4.78 is 16.5. The van der Waals surface area contributed by atoms with Gasteiger partial charge in [0.15, 0.2) is 0 Å². The second kappa shape index (κ2) is 8.17. The van der Waals surface area contributed by atoms with Crippen molar-refractivity contribution in [3.63, 3.8) is 0 Å². The highest BCUT2D eigenvalue weighted by Crippen LogP contribution is 2.53. The van der Waals surface area contributed by atoms with E-state index >= 15 is 0 Å². The summed E-state index contributed by atoms with van der Waals surface area (Å²) in [7, 11) is 3.04. The molecule has 2 aliphatic rings. The number of esters is 1. The van der Waals surface area contributed by atoms with Gasteiger partial charge >= 0.3 is 5.97 Å². The highest BCUT2D eigenvalue weighted by molar-refractivity contribution is 5.89. The summed E-state index contributed by atoms with van der Waals surface area (Å²) in [6, 6.07) is 13.4. The summed E-state index contributed by atoms with van der Waals surface area (Å²) in [6.45, 7) is 7.41. The monoisotopic (exact) mass is 425 g/mol. The number of aliphatic hydroxyl groups excluding tert-OH is 1. The number of rotatable bonds is 5. The molecule has 31 heavy (non-hydrogen) atoms. The summed E-state index contributed by atoms with van der Waals surface area (Å²) in [6.07, 6.45) is 0. The second-order valence-corrected chi connectivity index (χ2v) is 9.36. The maximum atomic E-state index is 11.7. The standard InChI is InChI=1S/C25H31NO5/c1-24(2)16-31-21-10-9-19(29-3)11-20(21)25(15-27)14-26(13-22(24)25)12-17-5-7-18(8-6-17)23(28)30-4/h5-11,22,27H,12-16H2,1-4H3/t22-,25-/m1/s1. The predicted molar refractivity (Wildman–Crippen MR) is 118 cm³/mol. The van der Waals surface area contributed by atoms with Gasteiger partial charge in [0.2, 0.25) is 0 Å². The lowest BCUT2D eigenvalue weighted by Gasteiger charge is -2.39. The molecule has 166 valence electrons. The zero-order valence-corrected chi connectivity index (χ0v) is 18.7. The van der Waals surface area contributed by atoms with Gasteiger partial charge in [-0.1, -0.05) is 26.0 Å². The zero-order valence-electron chi connectivity index (χ0n) is 18.7. The third-order valence-corrected chi connectivity index (χ3v) is 6.94. The number of hydrogen-bond acceptors (Lipinski definition) is 6. The molecule has 1 saturated heterocycles. The number of carbonyl (C=O) groups is 1. The molecule has 0 unspecified atom stereocenters. The third-order valence-electron chi connectivity index (χ3n) is 6.94. The first-order chi connectivity index (χ1) is 14.8. The Hall–Kier alpha value is -2.57. The molecule has 0 aromatic heterocycles. The van der Waals surface area contributed by atoms with Crippen LogP contribution in [0.25, 0.3) is 0 Å². The third kappa shape index (κ3) is 3.79. The Bertz CT molecular complexity index is 955. The highest BCUT2D eigenvalue weighted by Gasteiger charge is 2.56. The van der Waals surface area contributed by atoms with Crippen LogP contribution < -0.4 is 9.47 Å². The van der Waals surface area contributed by atoms with Gasteiger partial charge in [-0.3, -0.25) is 4.90 Å². The van der Waals surface area contributed by atoms with Gasteiger partial charge < -0.3 is 19.3 Å². The van der Waals surface area contributed by atoms with Gasteiger partial charge in [-0.05, 0) is 41.8 Å². The Kier molecular flexibility index (Phi) is 5.71. The molecule has 2 atom stereocenters. The van der Waals surface area contributed by atoms with Crippen molar-refractivity contribution in [3.05, 3.63) is 59.2 Å². The summed E-state index contributed by atoms with van der Waals surface area (Å²) in [5.74, 6) is 1.48. The maximum absolute atomic E-state index is 11.7. The molecule has 2 aromatic rings. The fraction of sp³-hybridized carbons (Fsp3) is 0.480. The average molecular weight is 426 g/mol. The Morgan fingerprint density at radius 2 is 1.94 bits per heavy atom. The largest absolute Gasteiger partial charge is 0.497 e. The lowest BCUT2D eigenvalue weighted by atomic mass is 9.63. The summed E-state index contributed by atoms with van der Waals surface area (Å²) in [4.78, 5) is 14.1. The van der Waals surface area contributed by atoms with E-state index in [4.69, 9.17) is 14.2 Å². The number of likely N-dealkylation sites (tertiary alicyclic amines) is 1. The Morgan fingerprint density at radius 3 is 2.58 bits per heavy atom. The van der Waals surface area contributed by atoms with Crippen LogP contribution in [0.2, 0.25) is 0 Å². The molecular formula is C25H31NO5. The molecule has 2 aliphatic heterocycles. The van der Waals surface area contributed by atoms with Crippen LogP contribution in [0.4, 0.5) is 0 Å². The van der Waals surface area contributed by atoms with Crippen molar-refractivity contribution in [1.82, 2.24) is 4.90 Å². The van der Waals surface area contributed by atoms with E-state index in [1.165, 1.54) is 7.11 Å². The van der Waals surface area contributed by atoms with E-state index in [0.717, 1.165) is 42.3 Å². The van der Waals surface area contributed by atoms with E-state index in [1.54, 1.807) is 19.2 Å².